The van der Waals surface area contributed by atoms with E-state index in [1.54, 1.807) is 13.0 Å². The summed E-state index contributed by atoms with van der Waals surface area (Å²) in [6.45, 7) is 6.80. The SMILES string of the molecule is CCOC(=O)CSc1ccc(F)cc1CNC(C)C. The van der Waals surface area contributed by atoms with Gasteiger partial charge in [-0.2, -0.15) is 0 Å². The van der Waals surface area contributed by atoms with E-state index in [-0.39, 0.29) is 17.5 Å². The maximum absolute atomic E-state index is 13.3. The van der Waals surface area contributed by atoms with E-state index < -0.39 is 0 Å². The normalized spacial score (nSPS) is 10.8. The van der Waals surface area contributed by atoms with Crippen LogP contribution in [-0.4, -0.2) is 24.4 Å². The third kappa shape index (κ3) is 6.07. The molecular weight excluding hydrogens is 265 g/mol. The smallest absolute Gasteiger partial charge is 0.316 e. The lowest BCUT2D eigenvalue weighted by atomic mass is 10.2. The molecule has 0 aliphatic rings. The van der Waals surface area contributed by atoms with Gasteiger partial charge in [-0.1, -0.05) is 13.8 Å². The first-order valence-corrected chi connectivity index (χ1v) is 7.31. The molecule has 0 saturated carbocycles. The second-order valence-corrected chi connectivity index (χ2v) is 5.40. The van der Waals surface area contributed by atoms with Gasteiger partial charge >= 0.3 is 5.97 Å². The van der Waals surface area contributed by atoms with Crippen LogP contribution < -0.4 is 5.32 Å². The van der Waals surface area contributed by atoms with Gasteiger partial charge in [0.1, 0.15) is 5.82 Å². The van der Waals surface area contributed by atoms with Crippen molar-refractivity contribution in [2.45, 2.75) is 38.3 Å². The van der Waals surface area contributed by atoms with Crippen molar-refractivity contribution in [3.63, 3.8) is 0 Å². The largest absolute Gasteiger partial charge is 0.465 e. The number of nitrogens with one attached hydrogen (secondary N) is 1. The zero-order chi connectivity index (χ0) is 14.3. The zero-order valence-electron chi connectivity index (χ0n) is 11.5. The summed E-state index contributed by atoms with van der Waals surface area (Å²) < 4.78 is 18.1. The van der Waals surface area contributed by atoms with Gasteiger partial charge in [-0.3, -0.25) is 4.79 Å². The summed E-state index contributed by atoms with van der Waals surface area (Å²) >= 11 is 1.37. The molecule has 0 amide bonds. The average molecular weight is 285 g/mol. The molecule has 1 aromatic carbocycles. The number of carbonyl (C=O) groups excluding carboxylic acids is 1. The highest BCUT2D eigenvalue weighted by atomic mass is 32.2. The molecule has 0 atom stereocenters. The summed E-state index contributed by atoms with van der Waals surface area (Å²) in [4.78, 5) is 12.2. The van der Waals surface area contributed by atoms with E-state index in [2.05, 4.69) is 5.32 Å². The first-order chi connectivity index (χ1) is 9.02. The summed E-state index contributed by atoms with van der Waals surface area (Å²) in [5.41, 5.74) is 0.864. The summed E-state index contributed by atoms with van der Waals surface area (Å²) in [5, 5.41) is 3.25. The highest BCUT2D eigenvalue weighted by Gasteiger charge is 2.09. The van der Waals surface area contributed by atoms with Crippen LogP contribution in [0.5, 0.6) is 0 Å². The van der Waals surface area contributed by atoms with Gasteiger partial charge in [-0.25, -0.2) is 4.39 Å². The van der Waals surface area contributed by atoms with Crippen LogP contribution in [0, 0.1) is 5.82 Å². The van der Waals surface area contributed by atoms with Gasteiger partial charge < -0.3 is 10.1 Å². The van der Waals surface area contributed by atoms with Gasteiger partial charge in [-0.15, -0.1) is 11.8 Å². The highest BCUT2D eigenvalue weighted by molar-refractivity contribution is 8.00. The fraction of sp³-hybridized carbons (Fsp3) is 0.500. The molecule has 1 aromatic rings. The molecule has 5 heteroatoms. The Bertz CT molecular complexity index is 424. The molecule has 1 rings (SSSR count). The van der Waals surface area contributed by atoms with E-state index in [0.717, 1.165) is 10.5 Å². The van der Waals surface area contributed by atoms with Gasteiger partial charge in [0.2, 0.25) is 0 Å². The fourth-order valence-electron chi connectivity index (χ4n) is 1.48. The fourth-order valence-corrected chi connectivity index (χ4v) is 2.32. The molecule has 0 radical (unpaired) electrons. The first-order valence-electron chi connectivity index (χ1n) is 6.33. The van der Waals surface area contributed by atoms with E-state index in [9.17, 15) is 9.18 Å². The Morgan fingerprint density at radius 2 is 2.21 bits per heavy atom. The minimum atomic E-state index is -0.263. The van der Waals surface area contributed by atoms with Gasteiger partial charge in [0.05, 0.1) is 12.4 Å². The number of hydrogen-bond donors (Lipinski definition) is 1. The number of hydrogen-bond acceptors (Lipinski definition) is 4. The molecule has 0 aliphatic heterocycles. The quantitative estimate of drug-likeness (QED) is 0.617. The molecule has 0 saturated heterocycles. The molecule has 19 heavy (non-hydrogen) atoms. The number of thioether (sulfide) groups is 1. The number of ether oxygens (including phenoxy) is 1. The second-order valence-electron chi connectivity index (χ2n) is 4.38. The van der Waals surface area contributed by atoms with Crippen LogP contribution in [0.15, 0.2) is 23.1 Å². The number of carbonyl (C=O) groups is 1. The van der Waals surface area contributed by atoms with Crippen LogP contribution >= 0.6 is 11.8 Å². The molecule has 0 fully saturated rings. The molecule has 0 bridgehead atoms. The maximum Gasteiger partial charge on any atom is 0.316 e. The standard InChI is InChI=1S/C14H20FNO2S/c1-4-18-14(17)9-19-13-6-5-12(15)7-11(13)8-16-10(2)3/h5-7,10,16H,4,8-9H2,1-3H3. The van der Waals surface area contributed by atoms with Gasteiger partial charge in [-0.05, 0) is 30.7 Å². The molecule has 0 aliphatic carbocycles. The molecule has 0 spiro atoms. The lowest BCUT2D eigenvalue weighted by Crippen LogP contribution is -2.22. The monoisotopic (exact) mass is 285 g/mol. The Labute approximate surface area is 117 Å². The second kappa shape index (κ2) is 8.17. The molecule has 106 valence electrons. The Kier molecular flexibility index (Phi) is 6.87. The first kappa shape index (κ1) is 16.0. The molecular formula is C14H20FNO2S. The molecule has 3 nitrogen and oxygen atoms in total. The molecule has 1 N–H and O–H groups in total. The van der Waals surface area contributed by atoms with E-state index in [1.807, 2.05) is 13.8 Å². The van der Waals surface area contributed by atoms with Crippen LogP contribution in [0.3, 0.4) is 0 Å². The summed E-state index contributed by atoms with van der Waals surface area (Å²) in [6, 6.07) is 4.94. The minimum Gasteiger partial charge on any atom is -0.465 e. The van der Waals surface area contributed by atoms with Gasteiger partial charge in [0.25, 0.3) is 0 Å². The van der Waals surface area contributed by atoms with E-state index in [1.165, 1.54) is 23.9 Å². The maximum atomic E-state index is 13.3. The Morgan fingerprint density at radius 1 is 1.47 bits per heavy atom. The van der Waals surface area contributed by atoms with Crippen LogP contribution in [0.2, 0.25) is 0 Å². The minimum absolute atomic E-state index is 0.244. The average Bonchev–Trinajstić information content (AvgIpc) is 2.35. The Balaban J connectivity index is 2.67. The summed E-state index contributed by atoms with van der Waals surface area (Å²) in [7, 11) is 0. The Morgan fingerprint density at radius 3 is 2.84 bits per heavy atom. The lowest BCUT2D eigenvalue weighted by molar-refractivity contribution is -0.139. The van der Waals surface area contributed by atoms with Gasteiger partial charge in [0, 0.05) is 17.5 Å². The van der Waals surface area contributed by atoms with Gasteiger partial charge in [0.15, 0.2) is 0 Å². The third-order valence-corrected chi connectivity index (χ3v) is 3.46. The van der Waals surface area contributed by atoms with Crippen LogP contribution in [-0.2, 0) is 16.1 Å². The number of benzene rings is 1. The predicted octanol–water partition coefficient (Wildman–Crippen LogP) is 2.98. The predicted molar refractivity (Wildman–Crippen MR) is 75.7 cm³/mol. The number of halogens is 1. The highest BCUT2D eigenvalue weighted by Crippen LogP contribution is 2.24. The molecule has 0 heterocycles. The van der Waals surface area contributed by atoms with Crippen molar-refractivity contribution >= 4 is 17.7 Å². The van der Waals surface area contributed by atoms with Crippen molar-refractivity contribution in [2.75, 3.05) is 12.4 Å². The topological polar surface area (TPSA) is 38.3 Å². The number of rotatable bonds is 7. The van der Waals surface area contributed by atoms with E-state index in [0.29, 0.717) is 19.2 Å². The zero-order valence-corrected chi connectivity index (χ0v) is 12.3. The molecule has 0 aromatic heterocycles. The summed E-state index contributed by atoms with van der Waals surface area (Å²) in [5.74, 6) is -0.269. The lowest BCUT2D eigenvalue weighted by Gasteiger charge is -2.12. The van der Waals surface area contributed by atoms with Crippen molar-refractivity contribution in [3.05, 3.63) is 29.6 Å². The van der Waals surface area contributed by atoms with Crippen molar-refractivity contribution in [2.24, 2.45) is 0 Å². The molecule has 0 unspecified atom stereocenters. The number of esters is 1. The van der Waals surface area contributed by atoms with Crippen molar-refractivity contribution in [3.8, 4) is 0 Å². The third-order valence-electron chi connectivity index (χ3n) is 2.37. The van der Waals surface area contributed by atoms with E-state index in [4.69, 9.17) is 4.74 Å². The van der Waals surface area contributed by atoms with Crippen molar-refractivity contribution in [1.82, 2.24) is 5.32 Å². The van der Waals surface area contributed by atoms with Crippen LogP contribution in [0.25, 0.3) is 0 Å². The summed E-state index contributed by atoms with van der Waals surface area (Å²) in [6.07, 6.45) is 0. The van der Waals surface area contributed by atoms with Crippen LogP contribution in [0.4, 0.5) is 4.39 Å². The van der Waals surface area contributed by atoms with Crippen LogP contribution in [0.1, 0.15) is 26.3 Å². The van der Waals surface area contributed by atoms with Crippen molar-refractivity contribution < 1.29 is 13.9 Å². The van der Waals surface area contributed by atoms with E-state index >= 15 is 0 Å². The van der Waals surface area contributed by atoms with Crippen molar-refractivity contribution in [1.29, 1.82) is 0 Å². The Hall–Kier alpha value is -1.07.